The highest BCUT2D eigenvalue weighted by atomic mass is 32.1. The molecule has 0 radical (unpaired) electrons. The molecule has 0 bridgehead atoms. The van der Waals surface area contributed by atoms with Gasteiger partial charge in [0.1, 0.15) is 4.83 Å². The molecule has 1 aliphatic carbocycles. The molecule has 1 amide bonds. The van der Waals surface area contributed by atoms with Crippen molar-refractivity contribution in [2.24, 2.45) is 5.92 Å². The molecule has 0 aliphatic heterocycles. The Bertz CT molecular complexity index is 971. The molecule has 7 heteroatoms. The molecule has 2 aromatic heterocycles. The van der Waals surface area contributed by atoms with Crippen molar-refractivity contribution in [1.29, 1.82) is 0 Å². The normalized spacial score (nSPS) is 19.3. The topological polar surface area (TPSA) is 84.2 Å². The van der Waals surface area contributed by atoms with Gasteiger partial charge in [-0.25, -0.2) is 0 Å². The number of hydrogen-bond acceptors (Lipinski definition) is 4. The van der Waals surface area contributed by atoms with E-state index < -0.39 is 5.97 Å². The molecule has 4 rings (SSSR count). The first kappa shape index (κ1) is 16.8. The van der Waals surface area contributed by atoms with E-state index in [1.54, 1.807) is 0 Å². The number of nitrogens with zero attached hydrogens (tertiary/aromatic N) is 2. The van der Waals surface area contributed by atoms with E-state index in [1.165, 1.54) is 11.3 Å². The number of rotatable bonds is 5. The van der Waals surface area contributed by atoms with E-state index in [-0.39, 0.29) is 17.9 Å². The fourth-order valence-corrected chi connectivity index (χ4v) is 4.35. The van der Waals surface area contributed by atoms with Crippen molar-refractivity contribution < 1.29 is 14.7 Å². The average molecular weight is 369 g/mol. The second kappa shape index (κ2) is 6.57. The Morgan fingerprint density at radius 2 is 2.04 bits per heavy atom. The van der Waals surface area contributed by atoms with Gasteiger partial charge in [0.15, 0.2) is 0 Å². The number of hydrogen-bond donors (Lipinski definition) is 2. The predicted molar refractivity (Wildman–Crippen MR) is 99.5 cm³/mol. The van der Waals surface area contributed by atoms with Gasteiger partial charge in [-0.1, -0.05) is 30.3 Å². The van der Waals surface area contributed by atoms with Crippen LogP contribution in [0.3, 0.4) is 0 Å². The zero-order valence-corrected chi connectivity index (χ0v) is 15.1. The van der Waals surface area contributed by atoms with Crippen LogP contribution in [0.1, 0.15) is 33.8 Å². The Balaban J connectivity index is 1.51. The van der Waals surface area contributed by atoms with E-state index >= 15 is 0 Å². The molecule has 0 saturated heterocycles. The number of nitrogens with one attached hydrogen (secondary N) is 1. The fraction of sp³-hybridized carbons (Fsp3) is 0.316. The summed E-state index contributed by atoms with van der Waals surface area (Å²) in [6, 6.07) is 11.9. The van der Waals surface area contributed by atoms with Crippen molar-refractivity contribution in [1.82, 2.24) is 15.1 Å². The highest BCUT2D eigenvalue weighted by molar-refractivity contribution is 7.20. The number of carbonyl (C=O) groups excluding carboxylic acids is 1. The summed E-state index contributed by atoms with van der Waals surface area (Å²) in [7, 11) is 0. The molecule has 1 aliphatic rings. The molecule has 0 atom stereocenters. The molecule has 0 unspecified atom stereocenters. The summed E-state index contributed by atoms with van der Waals surface area (Å²) in [6.45, 7) is 2.61. The van der Waals surface area contributed by atoms with Gasteiger partial charge in [0.25, 0.3) is 5.91 Å². The SMILES string of the molecule is Cc1nn(Cc2ccccc2)c2sc(C(=O)NC3CC(C(=O)O)C3)cc12. The van der Waals surface area contributed by atoms with Crippen LogP contribution in [0.2, 0.25) is 0 Å². The third-order valence-electron chi connectivity index (χ3n) is 4.83. The van der Waals surface area contributed by atoms with Crippen LogP contribution in [0.25, 0.3) is 10.2 Å². The number of benzene rings is 1. The molecule has 26 heavy (non-hydrogen) atoms. The molecule has 1 fully saturated rings. The third kappa shape index (κ3) is 3.10. The van der Waals surface area contributed by atoms with Crippen molar-refractivity contribution >= 4 is 33.4 Å². The van der Waals surface area contributed by atoms with Crippen LogP contribution >= 0.6 is 11.3 Å². The van der Waals surface area contributed by atoms with E-state index in [2.05, 4.69) is 22.5 Å². The van der Waals surface area contributed by atoms with Crippen LogP contribution in [0.15, 0.2) is 36.4 Å². The minimum Gasteiger partial charge on any atom is -0.481 e. The van der Waals surface area contributed by atoms with E-state index in [4.69, 9.17) is 5.11 Å². The lowest BCUT2D eigenvalue weighted by Gasteiger charge is -2.32. The predicted octanol–water partition coefficient (Wildman–Crippen LogP) is 3.05. The lowest BCUT2D eigenvalue weighted by atomic mass is 9.80. The maximum absolute atomic E-state index is 12.5. The number of aromatic nitrogens is 2. The van der Waals surface area contributed by atoms with E-state index in [0.29, 0.717) is 24.3 Å². The van der Waals surface area contributed by atoms with Crippen molar-refractivity contribution in [3.8, 4) is 0 Å². The molecule has 0 spiro atoms. The second-order valence-corrected chi connectivity index (χ2v) is 7.77. The largest absolute Gasteiger partial charge is 0.481 e. The van der Waals surface area contributed by atoms with Crippen LogP contribution in [0.5, 0.6) is 0 Å². The van der Waals surface area contributed by atoms with Gasteiger partial charge < -0.3 is 10.4 Å². The number of thiophene rings is 1. The summed E-state index contributed by atoms with van der Waals surface area (Å²) in [5, 5.41) is 17.5. The Kier molecular flexibility index (Phi) is 4.24. The van der Waals surface area contributed by atoms with Gasteiger partial charge >= 0.3 is 5.97 Å². The molecule has 6 nitrogen and oxygen atoms in total. The first-order valence-electron chi connectivity index (χ1n) is 8.56. The lowest BCUT2D eigenvalue weighted by Crippen LogP contribution is -2.46. The van der Waals surface area contributed by atoms with Crippen molar-refractivity contribution in [2.75, 3.05) is 0 Å². The molecule has 1 aromatic carbocycles. The summed E-state index contributed by atoms with van der Waals surface area (Å²) in [5.74, 6) is -1.25. The van der Waals surface area contributed by atoms with Crippen molar-refractivity contribution in [3.05, 3.63) is 52.5 Å². The zero-order chi connectivity index (χ0) is 18.3. The maximum Gasteiger partial charge on any atom is 0.306 e. The first-order valence-corrected chi connectivity index (χ1v) is 9.37. The van der Waals surface area contributed by atoms with Crippen LogP contribution < -0.4 is 5.32 Å². The van der Waals surface area contributed by atoms with Gasteiger partial charge in [0.05, 0.1) is 23.0 Å². The number of aryl methyl sites for hydroxylation is 1. The van der Waals surface area contributed by atoms with Crippen LogP contribution in [0, 0.1) is 12.8 Å². The van der Waals surface area contributed by atoms with Gasteiger partial charge in [-0.2, -0.15) is 5.10 Å². The second-order valence-electron chi connectivity index (χ2n) is 6.74. The van der Waals surface area contributed by atoms with Crippen LogP contribution in [-0.4, -0.2) is 32.8 Å². The molecule has 1 saturated carbocycles. The van der Waals surface area contributed by atoms with E-state index in [9.17, 15) is 9.59 Å². The molecule has 2 N–H and O–H groups in total. The Morgan fingerprint density at radius 1 is 1.31 bits per heavy atom. The molecular formula is C19H19N3O3S. The molecule has 2 heterocycles. The third-order valence-corrected chi connectivity index (χ3v) is 5.98. The standard InChI is InChI=1S/C19H19N3O3S/c1-11-15-9-16(17(23)20-14-7-13(8-14)19(24)25)26-18(15)22(21-11)10-12-5-3-2-4-6-12/h2-6,9,13-14H,7-8,10H2,1H3,(H,20,23)(H,24,25). The zero-order valence-electron chi connectivity index (χ0n) is 14.3. The lowest BCUT2D eigenvalue weighted by molar-refractivity contribution is -0.145. The summed E-state index contributed by atoms with van der Waals surface area (Å²) in [6.07, 6.45) is 1.01. The highest BCUT2D eigenvalue weighted by Gasteiger charge is 2.35. The minimum absolute atomic E-state index is 0.0456. The summed E-state index contributed by atoms with van der Waals surface area (Å²) in [5.41, 5.74) is 2.06. The molecule has 134 valence electrons. The summed E-state index contributed by atoms with van der Waals surface area (Å²) >= 11 is 1.43. The monoisotopic (exact) mass is 369 g/mol. The van der Waals surface area contributed by atoms with Crippen molar-refractivity contribution in [2.45, 2.75) is 32.4 Å². The number of fused-ring (bicyclic) bond motifs is 1. The van der Waals surface area contributed by atoms with Gasteiger partial charge in [-0.15, -0.1) is 11.3 Å². The highest BCUT2D eigenvalue weighted by Crippen LogP contribution is 2.31. The number of carbonyl (C=O) groups is 2. The van der Waals surface area contributed by atoms with Gasteiger partial charge in [-0.3, -0.25) is 14.3 Å². The number of carboxylic acids is 1. The smallest absolute Gasteiger partial charge is 0.306 e. The van der Waals surface area contributed by atoms with E-state index in [0.717, 1.165) is 21.5 Å². The summed E-state index contributed by atoms with van der Waals surface area (Å²) < 4.78 is 1.94. The van der Waals surface area contributed by atoms with Gasteiger partial charge in [0.2, 0.25) is 0 Å². The van der Waals surface area contributed by atoms with Gasteiger partial charge in [0, 0.05) is 11.4 Å². The maximum atomic E-state index is 12.5. The van der Waals surface area contributed by atoms with Gasteiger partial charge in [-0.05, 0) is 31.4 Å². The Labute approximate surface area is 154 Å². The van der Waals surface area contributed by atoms with Crippen LogP contribution in [0.4, 0.5) is 0 Å². The quantitative estimate of drug-likeness (QED) is 0.724. The molecule has 3 aromatic rings. The van der Waals surface area contributed by atoms with Crippen LogP contribution in [-0.2, 0) is 11.3 Å². The fourth-order valence-electron chi connectivity index (χ4n) is 3.28. The Hall–Kier alpha value is -2.67. The number of aliphatic carboxylic acids is 1. The number of carboxylic acid groups (broad SMARTS) is 1. The first-order chi connectivity index (χ1) is 12.5. The molecular weight excluding hydrogens is 350 g/mol. The number of amides is 1. The summed E-state index contributed by atoms with van der Waals surface area (Å²) in [4.78, 5) is 25.0. The Morgan fingerprint density at radius 3 is 2.73 bits per heavy atom. The van der Waals surface area contributed by atoms with E-state index in [1.807, 2.05) is 35.9 Å². The van der Waals surface area contributed by atoms with Crippen molar-refractivity contribution in [3.63, 3.8) is 0 Å². The minimum atomic E-state index is -0.783. The average Bonchev–Trinajstić information content (AvgIpc) is 3.13.